The first-order valence-corrected chi connectivity index (χ1v) is 5.38. The highest BCUT2D eigenvalue weighted by molar-refractivity contribution is 14.1. The van der Waals surface area contributed by atoms with Crippen LogP contribution in [0.1, 0.15) is 5.56 Å². The zero-order chi connectivity index (χ0) is 10.8. The maximum absolute atomic E-state index is 11.3. The lowest BCUT2D eigenvalue weighted by atomic mass is 10.2. The Balaban J connectivity index is 2.16. The Labute approximate surface area is 100 Å². The smallest absolute Gasteiger partial charge is 0.253 e. The SMILES string of the molecule is O=C1C=CC(=O)N1Cc1ccnc(I)c1. The van der Waals surface area contributed by atoms with Crippen LogP contribution < -0.4 is 0 Å². The summed E-state index contributed by atoms with van der Waals surface area (Å²) in [5.41, 5.74) is 0.903. The summed E-state index contributed by atoms with van der Waals surface area (Å²) in [7, 11) is 0. The zero-order valence-corrected chi connectivity index (χ0v) is 9.84. The van der Waals surface area contributed by atoms with Gasteiger partial charge in [-0.3, -0.25) is 19.5 Å². The van der Waals surface area contributed by atoms with Gasteiger partial charge >= 0.3 is 0 Å². The van der Waals surface area contributed by atoms with Gasteiger partial charge in [0.2, 0.25) is 0 Å². The van der Waals surface area contributed by atoms with Crippen LogP contribution in [-0.2, 0) is 16.1 Å². The fraction of sp³-hybridized carbons (Fsp3) is 0.100. The Morgan fingerprint density at radius 3 is 2.53 bits per heavy atom. The van der Waals surface area contributed by atoms with Gasteiger partial charge < -0.3 is 0 Å². The Morgan fingerprint density at radius 1 is 1.27 bits per heavy atom. The second-order valence-corrected chi connectivity index (χ2v) is 4.19. The van der Waals surface area contributed by atoms with Crippen molar-refractivity contribution >= 4 is 34.4 Å². The summed E-state index contributed by atoms with van der Waals surface area (Å²) < 4.78 is 0.845. The normalized spacial score (nSPS) is 15.1. The topological polar surface area (TPSA) is 50.3 Å². The molecule has 0 aliphatic carbocycles. The average Bonchev–Trinajstić information content (AvgIpc) is 2.50. The molecule has 0 spiro atoms. The summed E-state index contributed by atoms with van der Waals surface area (Å²) in [6.07, 6.45) is 4.23. The molecule has 4 nitrogen and oxygen atoms in total. The van der Waals surface area contributed by atoms with Gasteiger partial charge in [-0.25, -0.2) is 0 Å². The van der Waals surface area contributed by atoms with Crippen LogP contribution in [0.2, 0.25) is 0 Å². The van der Waals surface area contributed by atoms with Crippen LogP contribution in [0.3, 0.4) is 0 Å². The number of pyridine rings is 1. The van der Waals surface area contributed by atoms with Gasteiger partial charge in [0.25, 0.3) is 11.8 Å². The number of halogens is 1. The lowest BCUT2D eigenvalue weighted by molar-refractivity contribution is -0.137. The van der Waals surface area contributed by atoms with Crippen LogP contribution in [0, 0.1) is 3.70 Å². The standard InChI is InChI=1S/C10H7IN2O2/c11-8-5-7(3-4-12-8)6-13-9(14)1-2-10(13)15/h1-5H,6H2. The van der Waals surface area contributed by atoms with Gasteiger partial charge in [-0.05, 0) is 40.3 Å². The largest absolute Gasteiger partial charge is 0.271 e. The number of amides is 2. The molecule has 2 rings (SSSR count). The van der Waals surface area contributed by atoms with E-state index >= 15 is 0 Å². The van der Waals surface area contributed by atoms with Crippen molar-refractivity contribution in [2.45, 2.75) is 6.54 Å². The minimum Gasteiger partial charge on any atom is -0.271 e. The minimum atomic E-state index is -0.258. The number of hydrogen-bond acceptors (Lipinski definition) is 3. The van der Waals surface area contributed by atoms with Crippen molar-refractivity contribution in [2.75, 3.05) is 0 Å². The molecule has 0 atom stereocenters. The predicted molar refractivity (Wildman–Crippen MR) is 61.7 cm³/mol. The fourth-order valence-electron chi connectivity index (χ4n) is 1.31. The Bertz CT molecular complexity index is 438. The summed E-state index contributed by atoms with van der Waals surface area (Å²) in [5.74, 6) is -0.515. The highest BCUT2D eigenvalue weighted by Gasteiger charge is 2.23. The number of rotatable bonds is 2. The number of carbonyl (C=O) groups is 2. The third kappa shape index (κ3) is 2.23. The molecule has 2 amide bonds. The third-order valence-corrected chi connectivity index (χ3v) is 2.62. The van der Waals surface area contributed by atoms with Crippen LogP contribution in [0.25, 0.3) is 0 Å². The summed E-state index contributed by atoms with van der Waals surface area (Å²) in [6, 6.07) is 3.64. The molecule has 0 fully saturated rings. The van der Waals surface area contributed by atoms with Crippen molar-refractivity contribution in [3.63, 3.8) is 0 Å². The molecule has 1 aliphatic heterocycles. The van der Waals surface area contributed by atoms with E-state index in [0.29, 0.717) is 6.54 Å². The number of nitrogens with zero attached hydrogens (tertiary/aromatic N) is 2. The number of carbonyl (C=O) groups excluding carboxylic acids is 2. The van der Waals surface area contributed by atoms with Crippen LogP contribution in [-0.4, -0.2) is 21.7 Å². The van der Waals surface area contributed by atoms with Crippen molar-refractivity contribution in [3.8, 4) is 0 Å². The Kier molecular flexibility index (Phi) is 2.81. The van der Waals surface area contributed by atoms with Gasteiger partial charge in [0.1, 0.15) is 3.70 Å². The molecule has 1 aromatic heterocycles. The number of aromatic nitrogens is 1. The summed E-state index contributed by atoms with van der Waals surface area (Å²) >= 11 is 2.09. The van der Waals surface area contributed by atoms with Gasteiger partial charge in [0.15, 0.2) is 0 Å². The molecule has 1 aliphatic rings. The van der Waals surface area contributed by atoms with E-state index in [-0.39, 0.29) is 11.8 Å². The molecule has 0 saturated heterocycles. The van der Waals surface area contributed by atoms with Crippen molar-refractivity contribution in [3.05, 3.63) is 39.7 Å². The third-order valence-electron chi connectivity index (χ3n) is 2.03. The fourth-order valence-corrected chi connectivity index (χ4v) is 1.87. The summed E-state index contributed by atoms with van der Waals surface area (Å²) in [6.45, 7) is 0.309. The number of hydrogen-bond donors (Lipinski definition) is 0. The van der Waals surface area contributed by atoms with E-state index in [1.807, 2.05) is 6.07 Å². The summed E-state index contributed by atoms with van der Waals surface area (Å²) in [4.78, 5) is 27.8. The molecule has 0 saturated carbocycles. The Hall–Kier alpha value is -1.24. The predicted octanol–water partition coefficient (Wildman–Crippen LogP) is 1.11. The van der Waals surface area contributed by atoms with Gasteiger partial charge in [-0.1, -0.05) is 0 Å². The van der Waals surface area contributed by atoms with E-state index in [1.165, 1.54) is 17.1 Å². The first-order valence-electron chi connectivity index (χ1n) is 4.31. The van der Waals surface area contributed by atoms with E-state index in [0.717, 1.165) is 9.26 Å². The quantitative estimate of drug-likeness (QED) is 0.467. The van der Waals surface area contributed by atoms with E-state index in [4.69, 9.17) is 0 Å². The second-order valence-electron chi connectivity index (χ2n) is 3.08. The molecule has 0 N–H and O–H groups in total. The van der Waals surface area contributed by atoms with Crippen molar-refractivity contribution in [2.24, 2.45) is 0 Å². The molecule has 2 heterocycles. The van der Waals surface area contributed by atoms with E-state index in [1.54, 1.807) is 12.3 Å². The van der Waals surface area contributed by atoms with Crippen LogP contribution in [0.5, 0.6) is 0 Å². The first-order chi connectivity index (χ1) is 7.16. The second kappa shape index (κ2) is 4.09. The Morgan fingerprint density at radius 2 is 1.93 bits per heavy atom. The molecular formula is C10H7IN2O2. The zero-order valence-electron chi connectivity index (χ0n) is 7.68. The molecule has 0 bridgehead atoms. The highest BCUT2D eigenvalue weighted by atomic mass is 127. The molecule has 5 heteroatoms. The summed E-state index contributed by atoms with van der Waals surface area (Å²) in [5, 5.41) is 0. The molecular weight excluding hydrogens is 307 g/mol. The van der Waals surface area contributed by atoms with Crippen LogP contribution in [0.4, 0.5) is 0 Å². The molecule has 15 heavy (non-hydrogen) atoms. The molecule has 0 radical (unpaired) electrons. The highest BCUT2D eigenvalue weighted by Crippen LogP contribution is 2.11. The van der Waals surface area contributed by atoms with Crippen LogP contribution >= 0.6 is 22.6 Å². The van der Waals surface area contributed by atoms with Gasteiger partial charge in [0, 0.05) is 18.3 Å². The molecule has 0 unspecified atom stereocenters. The van der Waals surface area contributed by atoms with Gasteiger partial charge in [0.05, 0.1) is 6.54 Å². The maximum atomic E-state index is 11.3. The van der Waals surface area contributed by atoms with E-state index < -0.39 is 0 Å². The average molecular weight is 314 g/mol. The first kappa shape index (κ1) is 10.3. The molecule has 1 aromatic rings. The molecule has 76 valence electrons. The van der Waals surface area contributed by atoms with E-state index in [2.05, 4.69) is 27.6 Å². The van der Waals surface area contributed by atoms with Crippen molar-refractivity contribution in [1.82, 2.24) is 9.88 Å². The lowest BCUT2D eigenvalue weighted by Gasteiger charge is -2.13. The van der Waals surface area contributed by atoms with Gasteiger partial charge in [-0.2, -0.15) is 0 Å². The minimum absolute atomic E-state index is 0.258. The van der Waals surface area contributed by atoms with Crippen molar-refractivity contribution < 1.29 is 9.59 Å². The van der Waals surface area contributed by atoms with E-state index in [9.17, 15) is 9.59 Å². The lowest BCUT2D eigenvalue weighted by Crippen LogP contribution is -2.29. The monoisotopic (exact) mass is 314 g/mol. The molecule has 0 aromatic carbocycles. The van der Waals surface area contributed by atoms with Gasteiger partial charge in [-0.15, -0.1) is 0 Å². The number of imide groups is 1. The van der Waals surface area contributed by atoms with Crippen molar-refractivity contribution in [1.29, 1.82) is 0 Å². The van der Waals surface area contributed by atoms with Crippen LogP contribution in [0.15, 0.2) is 30.5 Å². The maximum Gasteiger partial charge on any atom is 0.253 e.